The van der Waals surface area contributed by atoms with Gasteiger partial charge in [0.25, 0.3) is 0 Å². The van der Waals surface area contributed by atoms with Gasteiger partial charge >= 0.3 is 12.1 Å². The van der Waals surface area contributed by atoms with E-state index in [1.54, 1.807) is 24.3 Å². The van der Waals surface area contributed by atoms with E-state index in [2.05, 4.69) is 4.98 Å². The summed E-state index contributed by atoms with van der Waals surface area (Å²) >= 11 is 1.37. The van der Waals surface area contributed by atoms with E-state index >= 15 is 0 Å². The monoisotopic (exact) mass is 497 g/mol. The normalized spacial score (nSPS) is 11.5. The highest BCUT2D eigenvalue weighted by molar-refractivity contribution is 7.98. The summed E-state index contributed by atoms with van der Waals surface area (Å²) in [6, 6.07) is 20.0. The fourth-order valence-corrected chi connectivity index (χ4v) is 4.71. The Morgan fingerprint density at radius 2 is 1.74 bits per heavy atom. The zero-order valence-electron chi connectivity index (χ0n) is 19.1. The van der Waals surface area contributed by atoms with E-state index in [1.807, 2.05) is 37.3 Å². The molecule has 3 aromatic carbocycles. The number of methoxy groups -OCH3 is 1. The Morgan fingerprint density at radius 1 is 1.00 bits per heavy atom. The maximum atomic E-state index is 13.1. The van der Waals surface area contributed by atoms with Crippen molar-refractivity contribution in [1.29, 1.82) is 0 Å². The molecule has 0 spiro atoms. The van der Waals surface area contributed by atoms with Crippen LogP contribution < -0.4 is 4.74 Å². The lowest BCUT2D eigenvalue weighted by Gasteiger charge is -2.17. The number of ether oxygens (including phenoxy) is 2. The Bertz CT molecular complexity index is 1370. The number of aromatic nitrogens is 1. The van der Waals surface area contributed by atoms with Gasteiger partial charge in [0, 0.05) is 11.1 Å². The highest BCUT2D eigenvalue weighted by Gasteiger charge is 2.30. The van der Waals surface area contributed by atoms with Gasteiger partial charge in [0.2, 0.25) is 0 Å². The Balaban J connectivity index is 1.75. The number of benzene rings is 3. The molecule has 0 radical (unpaired) electrons. The lowest BCUT2D eigenvalue weighted by atomic mass is 10.1. The van der Waals surface area contributed by atoms with Gasteiger partial charge in [-0.3, -0.25) is 0 Å². The van der Waals surface area contributed by atoms with Crippen LogP contribution in [0.1, 0.15) is 32.6 Å². The number of fused-ring (bicyclic) bond motifs is 1. The third-order valence-corrected chi connectivity index (χ3v) is 6.49. The molecule has 0 saturated heterocycles. The number of pyridine rings is 1. The molecule has 0 aliphatic carbocycles. The van der Waals surface area contributed by atoms with Crippen LogP contribution in [0.5, 0.6) is 5.75 Å². The van der Waals surface area contributed by atoms with Crippen molar-refractivity contribution in [3.8, 4) is 5.75 Å². The number of carbonyl (C=O) groups excluding carboxylic acids is 1. The van der Waals surface area contributed by atoms with Crippen LogP contribution in [0.15, 0.2) is 77.8 Å². The van der Waals surface area contributed by atoms with Crippen LogP contribution in [0, 0.1) is 6.92 Å². The predicted octanol–water partition coefficient (Wildman–Crippen LogP) is 7.22. The number of halogens is 3. The van der Waals surface area contributed by atoms with E-state index in [4.69, 9.17) is 9.47 Å². The summed E-state index contributed by atoms with van der Waals surface area (Å²) in [6.45, 7) is 1.85. The fraction of sp³-hybridized carbons (Fsp3) is 0.185. The SMILES string of the molecule is COC(=O)c1c(SCc2ccccc2C)nc2ccccc2c1OCc1cccc(C(F)(F)F)c1. The van der Waals surface area contributed by atoms with Gasteiger partial charge in [0.05, 0.1) is 18.2 Å². The maximum absolute atomic E-state index is 13.1. The van der Waals surface area contributed by atoms with E-state index in [-0.39, 0.29) is 17.9 Å². The second-order valence-electron chi connectivity index (χ2n) is 7.83. The van der Waals surface area contributed by atoms with Gasteiger partial charge in [-0.1, -0.05) is 48.5 Å². The Morgan fingerprint density at radius 3 is 2.49 bits per heavy atom. The largest absolute Gasteiger partial charge is 0.487 e. The summed E-state index contributed by atoms with van der Waals surface area (Å²) < 4.78 is 50.5. The van der Waals surface area contributed by atoms with Crippen molar-refractivity contribution < 1.29 is 27.4 Å². The van der Waals surface area contributed by atoms with Crippen molar-refractivity contribution in [2.24, 2.45) is 0 Å². The van der Waals surface area contributed by atoms with E-state index in [9.17, 15) is 18.0 Å². The van der Waals surface area contributed by atoms with Crippen molar-refractivity contribution in [3.63, 3.8) is 0 Å². The predicted molar refractivity (Wildman–Crippen MR) is 130 cm³/mol. The molecule has 35 heavy (non-hydrogen) atoms. The lowest BCUT2D eigenvalue weighted by Crippen LogP contribution is -2.10. The van der Waals surface area contributed by atoms with Gasteiger partial charge in [-0.15, -0.1) is 11.8 Å². The Kier molecular flexibility index (Phi) is 7.31. The molecule has 0 aliphatic heterocycles. The Labute approximate surface area is 205 Å². The lowest BCUT2D eigenvalue weighted by molar-refractivity contribution is -0.137. The number of hydrogen-bond donors (Lipinski definition) is 0. The first kappa shape index (κ1) is 24.6. The van der Waals surface area contributed by atoms with E-state index in [0.717, 1.165) is 23.3 Å². The van der Waals surface area contributed by atoms with Crippen molar-refractivity contribution in [2.75, 3.05) is 7.11 Å². The molecule has 0 unspecified atom stereocenters. The van der Waals surface area contributed by atoms with Crippen molar-refractivity contribution in [2.45, 2.75) is 30.5 Å². The minimum Gasteiger partial charge on any atom is -0.487 e. The van der Waals surface area contributed by atoms with E-state index < -0.39 is 17.7 Å². The third-order valence-electron chi connectivity index (χ3n) is 5.46. The number of alkyl halides is 3. The number of para-hydroxylation sites is 1. The topological polar surface area (TPSA) is 48.4 Å². The quantitative estimate of drug-likeness (QED) is 0.199. The average molecular weight is 498 g/mol. The summed E-state index contributed by atoms with van der Waals surface area (Å²) in [4.78, 5) is 17.6. The summed E-state index contributed by atoms with van der Waals surface area (Å²) in [5.74, 6) is 0.163. The summed E-state index contributed by atoms with van der Waals surface area (Å²) in [7, 11) is 1.27. The van der Waals surface area contributed by atoms with Crippen molar-refractivity contribution in [3.05, 3.63) is 101 Å². The van der Waals surface area contributed by atoms with Gasteiger partial charge in [-0.05, 0) is 47.9 Å². The van der Waals surface area contributed by atoms with E-state index in [0.29, 0.717) is 27.2 Å². The highest BCUT2D eigenvalue weighted by Crippen LogP contribution is 2.38. The molecule has 4 rings (SSSR count). The third kappa shape index (κ3) is 5.59. The van der Waals surface area contributed by atoms with Crippen LogP contribution in [-0.2, 0) is 23.3 Å². The molecular weight excluding hydrogens is 475 g/mol. The first-order valence-corrected chi connectivity index (χ1v) is 11.7. The first-order valence-electron chi connectivity index (χ1n) is 10.7. The second-order valence-corrected chi connectivity index (χ2v) is 8.80. The molecule has 0 saturated carbocycles. The van der Waals surface area contributed by atoms with Crippen molar-refractivity contribution >= 4 is 28.6 Å². The number of hydrogen-bond acceptors (Lipinski definition) is 5. The Hall–Kier alpha value is -3.52. The molecule has 4 nitrogen and oxygen atoms in total. The molecule has 1 heterocycles. The van der Waals surface area contributed by atoms with Crippen LogP contribution in [-0.4, -0.2) is 18.1 Å². The molecule has 0 amide bonds. The maximum Gasteiger partial charge on any atom is 0.416 e. The highest BCUT2D eigenvalue weighted by atomic mass is 32.2. The number of rotatable bonds is 7. The molecule has 0 fully saturated rings. The molecule has 0 aliphatic rings. The second kappa shape index (κ2) is 10.4. The van der Waals surface area contributed by atoms with Gasteiger partial charge in [0.1, 0.15) is 22.9 Å². The first-order chi connectivity index (χ1) is 16.8. The zero-order chi connectivity index (χ0) is 25.0. The zero-order valence-corrected chi connectivity index (χ0v) is 19.9. The number of esters is 1. The molecule has 0 bridgehead atoms. The smallest absolute Gasteiger partial charge is 0.416 e. The van der Waals surface area contributed by atoms with Crippen LogP contribution in [0.25, 0.3) is 10.9 Å². The van der Waals surface area contributed by atoms with E-state index in [1.165, 1.54) is 24.9 Å². The van der Waals surface area contributed by atoms with Gasteiger partial charge in [-0.2, -0.15) is 13.2 Å². The number of nitrogens with zero attached hydrogens (tertiary/aromatic N) is 1. The molecular formula is C27H22F3NO3S. The molecule has 180 valence electrons. The summed E-state index contributed by atoms with van der Waals surface area (Å²) in [6.07, 6.45) is -4.46. The average Bonchev–Trinajstić information content (AvgIpc) is 2.85. The minimum absolute atomic E-state index is 0.150. The fourth-order valence-electron chi connectivity index (χ4n) is 3.61. The van der Waals surface area contributed by atoms with Crippen LogP contribution >= 0.6 is 11.8 Å². The number of thioether (sulfide) groups is 1. The van der Waals surface area contributed by atoms with Crippen LogP contribution in [0.2, 0.25) is 0 Å². The summed E-state index contributed by atoms with van der Waals surface area (Å²) in [5.41, 5.74) is 2.52. The van der Waals surface area contributed by atoms with Gasteiger partial charge < -0.3 is 9.47 Å². The molecule has 0 N–H and O–H groups in total. The van der Waals surface area contributed by atoms with Crippen molar-refractivity contribution in [1.82, 2.24) is 4.98 Å². The van der Waals surface area contributed by atoms with Crippen LogP contribution in [0.3, 0.4) is 0 Å². The van der Waals surface area contributed by atoms with Gasteiger partial charge in [0.15, 0.2) is 0 Å². The molecule has 0 atom stereocenters. The van der Waals surface area contributed by atoms with Gasteiger partial charge in [-0.25, -0.2) is 9.78 Å². The summed E-state index contributed by atoms with van der Waals surface area (Å²) in [5, 5.41) is 0.998. The molecule has 8 heteroatoms. The molecule has 1 aromatic heterocycles. The number of carbonyl (C=O) groups is 1. The molecule has 4 aromatic rings. The minimum atomic E-state index is -4.46. The van der Waals surface area contributed by atoms with Crippen LogP contribution in [0.4, 0.5) is 13.2 Å². The standard InChI is InChI=1S/C27H22F3NO3S/c1-17-8-3-4-10-19(17)16-35-25-23(26(32)33-2)24(21-12-5-6-13-22(21)31-25)34-15-18-9-7-11-20(14-18)27(28,29)30/h3-14H,15-16H2,1-2H3. The number of aryl methyl sites for hydroxylation is 1.